The van der Waals surface area contributed by atoms with Gasteiger partial charge >= 0.3 is 0 Å². The van der Waals surface area contributed by atoms with Gasteiger partial charge in [-0.3, -0.25) is 0 Å². The molecule has 0 aliphatic heterocycles. The molecule has 0 fully saturated rings. The number of unbranched alkanes of at least 4 members (excludes halogenated alkanes) is 2. The van der Waals surface area contributed by atoms with Crippen LogP contribution in [0.5, 0.6) is 23.0 Å². The third-order valence-electron chi connectivity index (χ3n) is 9.08. The maximum Gasteiger partial charge on any atom is 0.123 e. The lowest BCUT2D eigenvalue weighted by atomic mass is 9.85. The maximum absolute atomic E-state index is 11.1. The zero-order chi connectivity index (χ0) is 31.5. The lowest BCUT2D eigenvalue weighted by Gasteiger charge is -2.25. The summed E-state index contributed by atoms with van der Waals surface area (Å²) < 4.78 is 5.77. The fourth-order valence-corrected chi connectivity index (χ4v) is 7.30. The van der Waals surface area contributed by atoms with Gasteiger partial charge in [0.15, 0.2) is 0 Å². The molecule has 4 bridgehead atoms. The van der Waals surface area contributed by atoms with Crippen LogP contribution in [-0.2, 0) is 4.74 Å². The van der Waals surface area contributed by atoms with E-state index in [4.69, 9.17) is 27.9 Å². The monoisotopic (exact) mass is 638 g/mol. The van der Waals surface area contributed by atoms with E-state index in [9.17, 15) is 25.5 Å². The van der Waals surface area contributed by atoms with Crippen molar-refractivity contribution in [1.82, 2.24) is 0 Å². The second-order valence-electron chi connectivity index (χ2n) is 12.4. The summed E-state index contributed by atoms with van der Waals surface area (Å²) in [7, 11) is 1.61. The minimum absolute atomic E-state index is 0.00620. The molecule has 5 N–H and O–H groups in total. The molecule has 242 valence electrons. The van der Waals surface area contributed by atoms with Crippen molar-refractivity contribution in [3.63, 3.8) is 0 Å². The Morgan fingerprint density at radius 1 is 0.674 bits per heavy atom. The highest BCUT2D eigenvalue weighted by Crippen LogP contribution is 2.45. The van der Waals surface area contributed by atoms with E-state index in [1.165, 1.54) is 0 Å². The van der Waals surface area contributed by atoms with Gasteiger partial charge in [0.2, 0.25) is 0 Å². The quantitative estimate of drug-likeness (QED) is 0.193. The highest BCUT2D eigenvalue weighted by Gasteiger charge is 2.27. The number of hydrogen-bond donors (Lipinski definition) is 5. The van der Waals surface area contributed by atoms with Crippen LogP contribution in [0.15, 0.2) is 24.3 Å². The summed E-state index contributed by atoms with van der Waals surface area (Å²) in [4.78, 5) is 0. The van der Waals surface area contributed by atoms with E-state index in [1.54, 1.807) is 31.4 Å². The molecular formula is C35H52Cl2O6. The molecule has 0 saturated heterocycles. The fourth-order valence-electron chi connectivity index (χ4n) is 6.66. The maximum atomic E-state index is 11.1. The summed E-state index contributed by atoms with van der Waals surface area (Å²) in [5, 5.41) is 54.7. The van der Waals surface area contributed by atoms with Crippen molar-refractivity contribution in [2.45, 2.75) is 139 Å². The average Bonchev–Trinajstić information content (AvgIpc) is 2.95. The number of aliphatic hydroxyl groups excluding tert-OH is 1. The van der Waals surface area contributed by atoms with Gasteiger partial charge in [0.05, 0.1) is 12.2 Å². The molecule has 43 heavy (non-hydrogen) atoms. The van der Waals surface area contributed by atoms with Gasteiger partial charge in [-0.15, -0.1) is 23.2 Å². The standard InChI is InChI=1S/C35H52Cl2O6/c1-4-6-10-22-13-9-15-27(37)21-33(43-3)25-18-31(41)35(32(42)19-25)23(11-7-5-2)12-8-14-26(36)20-28(38)24-16-29(39)34(22)30(40)17-24/h16-19,22-23,26-28,33,38-42H,4-15,20-21H2,1-3H3/t22-,23-,26+,27+,28+,33+/m0/s1. The fraction of sp³-hybridized carbons (Fsp3) is 0.657. The van der Waals surface area contributed by atoms with Crippen LogP contribution < -0.4 is 0 Å². The van der Waals surface area contributed by atoms with E-state index in [-0.39, 0.29) is 58.1 Å². The summed E-state index contributed by atoms with van der Waals surface area (Å²) in [5.41, 5.74) is 2.22. The summed E-state index contributed by atoms with van der Waals surface area (Å²) >= 11 is 13.5. The van der Waals surface area contributed by atoms with Gasteiger partial charge in [-0.2, -0.15) is 0 Å². The van der Waals surface area contributed by atoms with Crippen LogP contribution >= 0.6 is 23.2 Å². The Morgan fingerprint density at radius 2 is 1.09 bits per heavy atom. The smallest absolute Gasteiger partial charge is 0.123 e. The first-order valence-electron chi connectivity index (χ1n) is 16.2. The van der Waals surface area contributed by atoms with E-state index >= 15 is 0 Å². The molecule has 4 aliphatic carbocycles. The summed E-state index contributed by atoms with van der Waals surface area (Å²) in [6, 6.07) is 6.54. The molecule has 0 radical (unpaired) electrons. The molecule has 0 aromatic heterocycles. The van der Waals surface area contributed by atoms with Crippen molar-refractivity contribution in [2.24, 2.45) is 0 Å². The van der Waals surface area contributed by atoms with Crippen LogP contribution in [0.2, 0.25) is 0 Å². The van der Waals surface area contributed by atoms with Gasteiger partial charge in [-0.1, -0.05) is 52.4 Å². The predicted molar refractivity (Wildman–Crippen MR) is 175 cm³/mol. The average molecular weight is 640 g/mol. The molecule has 0 saturated carbocycles. The van der Waals surface area contributed by atoms with E-state index in [2.05, 4.69) is 13.8 Å². The summed E-state index contributed by atoms with van der Waals surface area (Å²) in [5.74, 6) is 0.0770. The van der Waals surface area contributed by atoms with Crippen LogP contribution in [-0.4, -0.2) is 43.4 Å². The minimum Gasteiger partial charge on any atom is -0.508 e. The lowest BCUT2D eigenvalue weighted by molar-refractivity contribution is 0.0935. The third kappa shape index (κ3) is 10.1. The number of aromatic hydroxyl groups is 4. The molecule has 6 rings (SSSR count). The minimum atomic E-state index is -0.928. The van der Waals surface area contributed by atoms with E-state index in [1.807, 2.05) is 0 Å². The van der Waals surface area contributed by atoms with Gasteiger partial charge in [0, 0.05) is 29.0 Å². The van der Waals surface area contributed by atoms with Gasteiger partial charge in [0.1, 0.15) is 23.0 Å². The Hall–Kier alpha value is -1.86. The van der Waals surface area contributed by atoms with Crippen LogP contribution in [0, 0.1) is 0 Å². The van der Waals surface area contributed by atoms with Crippen molar-refractivity contribution in [2.75, 3.05) is 7.11 Å². The summed E-state index contributed by atoms with van der Waals surface area (Å²) in [6.07, 6.45) is 9.38. The lowest BCUT2D eigenvalue weighted by Crippen LogP contribution is -2.12. The van der Waals surface area contributed by atoms with Crippen LogP contribution in [0.25, 0.3) is 0 Å². The van der Waals surface area contributed by atoms with Gasteiger partial charge in [0.25, 0.3) is 0 Å². The Morgan fingerprint density at radius 3 is 1.51 bits per heavy atom. The largest absolute Gasteiger partial charge is 0.508 e. The molecule has 6 nitrogen and oxygen atoms in total. The Balaban J connectivity index is 1.94. The molecule has 6 atom stereocenters. The SMILES string of the molecule is CCCC[C@H]1CCC[C@@H](Cl)C[C@@H](O)c2cc(O)c(c(O)c2)[C@@H](CCCC)CCC[C@@H](Cl)C[C@@H](OC)c2cc(O)c1c(O)c2. The number of methoxy groups -OCH3 is 1. The molecule has 0 heterocycles. The summed E-state index contributed by atoms with van der Waals surface area (Å²) in [6.45, 7) is 4.24. The Kier molecular flexibility index (Phi) is 14.6. The van der Waals surface area contributed by atoms with Crippen molar-refractivity contribution in [1.29, 1.82) is 0 Å². The van der Waals surface area contributed by atoms with Crippen molar-refractivity contribution in [3.05, 3.63) is 46.5 Å². The molecule has 4 aliphatic rings. The molecule has 8 heteroatoms. The molecule has 2 aromatic carbocycles. The number of alkyl halides is 2. The molecule has 0 amide bonds. The van der Waals surface area contributed by atoms with Gasteiger partial charge < -0.3 is 30.3 Å². The molecular weight excluding hydrogens is 587 g/mol. The first-order chi connectivity index (χ1) is 20.6. The number of rotatable bonds is 7. The number of benzene rings is 2. The zero-order valence-corrected chi connectivity index (χ0v) is 27.6. The third-order valence-corrected chi connectivity index (χ3v) is 9.87. The number of phenolic OH excluding ortho intramolecular Hbond substituents is 4. The zero-order valence-electron chi connectivity index (χ0n) is 26.1. The number of phenols is 4. The van der Waals surface area contributed by atoms with E-state index < -0.39 is 6.10 Å². The highest BCUT2D eigenvalue weighted by molar-refractivity contribution is 6.20. The second kappa shape index (κ2) is 17.6. The number of halogens is 2. The number of aliphatic hydroxyl groups is 1. The van der Waals surface area contributed by atoms with Crippen LogP contribution in [0.3, 0.4) is 0 Å². The predicted octanol–water partition coefficient (Wildman–Crippen LogP) is 9.83. The first-order valence-corrected chi connectivity index (χ1v) is 17.1. The molecule has 0 unspecified atom stereocenters. The highest BCUT2D eigenvalue weighted by atomic mass is 35.5. The van der Waals surface area contributed by atoms with Crippen LogP contribution in [0.4, 0.5) is 0 Å². The topological polar surface area (TPSA) is 110 Å². The molecule has 2 aromatic rings. The Bertz CT molecular complexity index is 1100. The van der Waals surface area contributed by atoms with Crippen molar-refractivity contribution in [3.8, 4) is 23.0 Å². The van der Waals surface area contributed by atoms with Gasteiger partial charge in [-0.25, -0.2) is 0 Å². The number of hydrogen-bond acceptors (Lipinski definition) is 6. The second-order valence-corrected chi connectivity index (χ2v) is 13.6. The number of ether oxygens (including phenoxy) is 1. The van der Waals surface area contributed by atoms with Crippen LogP contribution in [0.1, 0.15) is 150 Å². The molecule has 0 spiro atoms. The van der Waals surface area contributed by atoms with E-state index in [0.717, 1.165) is 64.2 Å². The van der Waals surface area contributed by atoms with Crippen molar-refractivity contribution >= 4 is 23.2 Å². The Labute approximate surface area is 268 Å². The normalized spacial score (nSPS) is 26.2. The van der Waals surface area contributed by atoms with E-state index in [0.29, 0.717) is 41.5 Å². The first kappa shape index (κ1) is 35.6. The van der Waals surface area contributed by atoms with Gasteiger partial charge in [-0.05, 0) is 98.6 Å². The van der Waals surface area contributed by atoms with Crippen molar-refractivity contribution < 1.29 is 30.3 Å².